The van der Waals surface area contributed by atoms with Crippen molar-refractivity contribution in [3.05, 3.63) is 17.7 Å². The Balaban J connectivity index is 1.62. The minimum atomic E-state index is -0.656. The van der Waals surface area contributed by atoms with Gasteiger partial charge in [0.05, 0.1) is 21.3 Å². The average Bonchev–Trinajstić information content (AvgIpc) is 2.67. The molecule has 4 aliphatic rings. The molecule has 0 heterocycles. The molecular formula is C22H30O5S. The predicted octanol–water partition coefficient (Wildman–Crippen LogP) is 4.62. The van der Waals surface area contributed by atoms with Gasteiger partial charge in [-0.2, -0.15) is 0 Å². The van der Waals surface area contributed by atoms with E-state index in [1.807, 2.05) is 23.9 Å². The molecule has 4 aliphatic carbocycles. The summed E-state index contributed by atoms with van der Waals surface area (Å²) in [5, 5.41) is 9.56. The van der Waals surface area contributed by atoms with Crippen LogP contribution in [0, 0.1) is 23.7 Å². The number of ether oxygens (including phenoxy) is 3. The van der Waals surface area contributed by atoms with E-state index in [0.717, 1.165) is 47.5 Å². The summed E-state index contributed by atoms with van der Waals surface area (Å²) in [6, 6.07) is 3.79. The molecule has 4 bridgehead atoms. The average molecular weight is 407 g/mol. The Labute approximate surface area is 171 Å². The second-order valence-corrected chi connectivity index (χ2v) is 10.1. The highest BCUT2D eigenvalue weighted by molar-refractivity contribution is 7.99. The van der Waals surface area contributed by atoms with E-state index < -0.39 is 5.97 Å². The van der Waals surface area contributed by atoms with E-state index in [0.29, 0.717) is 18.1 Å². The fourth-order valence-electron chi connectivity index (χ4n) is 6.27. The van der Waals surface area contributed by atoms with E-state index in [-0.39, 0.29) is 10.7 Å². The van der Waals surface area contributed by atoms with Crippen molar-refractivity contribution in [2.45, 2.75) is 49.0 Å². The van der Waals surface area contributed by atoms with Crippen LogP contribution in [-0.4, -0.2) is 37.2 Å². The molecule has 1 N–H and O–H groups in total. The number of rotatable bonds is 8. The molecule has 5 rings (SSSR count). The summed E-state index contributed by atoms with van der Waals surface area (Å²) in [4.78, 5) is 11.6. The fourth-order valence-corrected chi connectivity index (χ4v) is 8.19. The second-order valence-electron chi connectivity index (χ2n) is 8.68. The van der Waals surface area contributed by atoms with E-state index in [9.17, 15) is 9.90 Å². The monoisotopic (exact) mass is 406 g/mol. The predicted molar refractivity (Wildman–Crippen MR) is 109 cm³/mol. The Morgan fingerprint density at radius 3 is 2.18 bits per heavy atom. The first-order valence-electron chi connectivity index (χ1n) is 10.1. The van der Waals surface area contributed by atoms with Gasteiger partial charge in [-0.3, -0.25) is 4.79 Å². The van der Waals surface area contributed by atoms with E-state index >= 15 is 0 Å². The van der Waals surface area contributed by atoms with Crippen LogP contribution in [0.1, 0.15) is 44.1 Å². The van der Waals surface area contributed by atoms with Gasteiger partial charge in [-0.05, 0) is 55.8 Å². The number of aliphatic carboxylic acids is 1. The number of hydrogen-bond acceptors (Lipinski definition) is 5. The Kier molecular flexibility index (Phi) is 5.43. The molecule has 6 heteroatoms. The minimum absolute atomic E-state index is 0.0725. The molecular weight excluding hydrogens is 376 g/mol. The van der Waals surface area contributed by atoms with Crippen molar-refractivity contribution in [2.75, 3.05) is 21.3 Å². The normalized spacial score (nSPS) is 33.0. The molecule has 0 spiro atoms. The molecule has 0 aromatic heterocycles. The molecule has 4 saturated carbocycles. The third-order valence-corrected chi connectivity index (χ3v) is 8.81. The van der Waals surface area contributed by atoms with Crippen LogP contribution in [0.15, 0.2) is 12.1 Å². The Morgan fingerprint density at radius 1 is 1.07 bits per heavy atom. The number of carbonyl (C=O) groups is 1. The minimum Gasteiger partial charge on any atom is -0.496 e. The number of carboxylic acid groups (broad SMARTS) is 1. The SMILES string of the molecule is COc1cc(OC)c(CSC23CC4CC(CC(C4)C2CC(=O)O)C3)c(OC)c1. The molecule has 5 nitrogen and oxygen atoms in total. The highest BCUT2D eigenvalue weighted by Gasteiger charge is 2.57. The van der Waals surface area contributed by atoms with Crippen molar-refractivity contribution in [1.82, 2.24) is 0 Å². The first-order chi connectivity index (χ1) is 13.5. The fraction of sp³-hybridized carbons (Fsp3) is 0.682. The van der Waals surface area contributed by atoms with Crippen molar-refractivity contribution in [3.63, 3.8) is 0 Å². The lowest BCUT2D eigenvalue weighted by Gasteiger charge is -2.61. The smallest absolute Gasteiger partial charge is 0.303 e. The summed E-state index contributed by atoms with van der Waals surface area (Å²) in [7, 11) is 4.97. The van der Waals surface area contributed by atoms with Gasteiger partial charge in [0.15, 0.2) is 0 Å². The molecule has 1 aromatic rings. The lowest BCUT2D eigenvalue weighted by molar-refractivity contribution is -0.141. The maximum atomic E-state index is 11.6. The summed E-state index contributed by atoms with van der Waals surface area (Å²) in [6.45, 7) is 0. The van der Waals surface area contributed by atoms with Gasteiger partial charge in [-0.15, -0.1) is 11.8 Å². The van der Waals surface area contributed by atoms with Crippen molar-refractivity contribution in [3.8, 4) is 17.2 Å². The van der Waals surface area contributed by atoms with E-state index in [4.69, 9.17) is 14.2 Å². The van der Waals surface area contributed by atoms with Gasteiger partial charge in [0.2, 0.25) is 0 Å². The maximum Gasteiger partial charge on any atom is 0.303 e. The van der Waals surface area contributed by atoms with Gasteiger partial charge in [-0.25, -0.2) is 0 Å². The van der Waals surface area contributed by atoms with Crippen molar-refractivity contribution < 1.29 is 24.1 Å². The Bertz CT molecular complexity index is 709. The van der Waals surface area contributed by atoms with Crippen molar-refractivity contribution >= 4 is 17.7 Å². The first kappa shape index (κ1) is 19.7. The molecule has 0 saturated heterocycles. The summed E-state index contributed by atoms with van der Waals surface area (Å²) in [6.07, 6.45) is 6.41. The van der Waals surface area contributed by atoms with Crippen LogP contribution in [0.3, 0.4) is 0 Å². The topological polar surface area (TPSA) is 65.0 Å². The lowest BCUT2D eigenvalue weighted by atomic mass is 9.51. The summed E-state index contributed by atoms with van der Waals surface area (Å²) in [5.74, 6) is 4.75. The van der Waals surface area contributed by atoms with Crippen LogP contribution in [-0.2, 0) is 10.5 Å². The molecule has 3 atom stereocenters. The molecule has 28 heavy (non-hydrogen) atoms. The zero-order valence-corrected chi connectivity index (χ0v) is 17.7. The number of carboxylic acids is 1. The van der Waals surface area contributed by atoms with Crippen molar-refractivity contribution in [1.29, 1.82) is 0 Å². The van der Waals surface area contributed by atoms with Crippen LogP contribution in [0.5, 0.6) is 17.2 Å². The molecule has 0 aliphatic heterocycles. The molecule has 1 aromatic carbocycles. The quantitative estimate of drug-likeness (QED) is 0.680. The zero-order valence-electron chi connectivity index (χ0n) is 16.9. The molecule has 4 fully saturated rings. The molecule has 154 valence electrons. The van der Waals surface area contributed by atoms with Gasteiger partial charge in [-0.1, -0.05) is 0 Å². The van der Waals surface area contributed by atoms with Gasteiger partial charge >= 0.3 is 5.97 Å². The second kappa shape index (κ2) is 7.69. The van der Waals surface area contributed by atoms with Crippen LogP contribution < -0.4 is 14.2 Å². The largest absolute Gasteiger partial charge is 0.496 e. The van der Waals surface area contributed by atoms with Gasteiger partial charge in [0, 0.05) is 34.6 Å². The van der Waals surface area contributed by atoms with Gasteiger partial charge in [0.25, 0.3) is 0 Å². The van der Waals surface area contributed by atoms with E-state index in [2.05, 4.69) is 0 Å². The number of thioether (sulfide) groups is 1. The summed E-state index contributed by atoms with van der Waals surface area (Å²) in [5.41, 5.74) is 1.03. The highest BCUT2D eigenvalue weighted by Crippen LogP contribution is 2.64. The van der Waals surface area contributed by atoms with Crippen molar-refractivity contribution in [2.24, 2.45) is 23.7 Å². The van der Waals surface area contributed by atoms with Gasteiger partial charge in [0.1, 0.15) is 17.2 Å². The van der Waals surface area contributed by atoms with Crippen LogP contribution in [0.4, 0.5) is 0 Å². The number of hydrogen-bond donors (Lipinski definition) is 1. The Hall–Kier alpha value is -1.56. The van der Waals surface area contributed by atoms with Crippen LogP contribution in [0.25, 0.3) is 0 Å². The van der Waals surface area contributed by atoms with E-state index in [1.165, 1.54) is 19.3 Å². The third kappa shape index (κ3) is 3.44. The first-order valence-corrected chi connectivity index (χ1v) is 11.1. The molecule has 3 unspecified atom stereocenters. The zero-order chi connectivity index (χ0) is 19.9. The lowest BCUT2D eigenvalue weighted by Crippen LogP contribution is -2.55. The highest BCUT2D eigenvalue weighted by atomic mass is 32.2. The third-order valence-electron chi connectivity index (χ3n) is 7.17. The number of benzene rings is 1. The van der Waals surface area contributed by atoms with Gasteiger partial charge < -0.3 is 19.3 Å². The summed E-state index contributed by atoms with van der Waals surface area (Å²) < 4.78 is 16.7. The molecule has 0 amide bonds. The molecule has 0 radical (unpaired) electrons. The van der Waals surface area contributed by atoms with E-state index in [1.54, 1.807) is 21.3 Å². The van der Waals surface area contributed by atoms with Crippen LogP contribution in [0.2, 0.25) is 0 Å². The maximum absolute atomic E-state index is 11.6. The standard InChI is InChI=1S/C22H30O5S/c1-25-16-7-19(26-2)17(20(8-16)27-3)12-28-22-10-13-4-14(11-22)6-15(5-13)18(22)9-21(23)24/h7-8,13-15,18H,4-6,9-12H2,1-3H3,(H,23,24). The Morgan fingerprint density at radius 2 is 1.68 bits per heavy atom. The number of methoxy groups -OCH3 is 3. The summed E-state index contributed by atoms with van der Waals surface area (Å²) >= 11 is 1.95. The van der Waals surface area contributed by atoms with Crippen LogP contribution >= 0.6 is 11.8 Å².